The molecule has 3 N–H and O–H groups in total. The van der Waals surface area contributed by atoms with E-state index in [2.05, 4.69) is 53.7 Å². The topological polar surface area (TPSA) is 95.6 Å². The Morgan fingerprint density at radius 2 is 2.24 bits per heavy atom. The predicted octanol–water partition coefficient (Wildman–Crippen LogP) is 1.76. The van der Waals surface area contributed by atoms with Gasteiger partial charge in [-0.15, -0.1) is 0 Å². The zero-order chi connectivity index (χ0) is 15.1. The first kappa shape index (κ1) is 15.4. The average Bonchev–Trinajstić information content (AvgIpc) is 2.99. The fourth-order valence-electron chi connectivity index (χ4n) is 1.74. The maximum atomic E-state index is 12.3. The quantitative estimate of drug-likeness (QED) is 0.705. The molecular weight excluding hydrogens is 336 g/mol. The lowest BCUT2D eigenvalue weighted by molar-refractivity contribution is 0.0954. The molecule has 0 aromatic carbocycles. The lowest BCUT2D eigenvalue weighted by Gasteiger charge is -2.11. The van der Waals surface area contributed by atoms with Gasteiger partial charge in [-0.1, -0.05) is 6.92 Å². The molecule has 8 heteroatoms. The number of nitrogens with one attached hydrogen (secondary N) is 3. The number of aromatic nitrogens is 4. The summed E-state index contributed by atoms with van der Waals surface area (Å²) in [5, 5.41) is 12.5. The minimum absolute atomic E-state index is 0.165. The van der Waals surface area contributed by atoms with Gasteiger partial charge in [0.1, 0.15) is 18.0 Å². The molecule has 0 aliphatic heterocycles. The number of anilines is 1. The Morgan fingerprint density at radius 3 is 2.95 bits per heavy atom. The van der Waals surface area contributed by atoms with Gasteiger partial charge in [0.2, 0.25) is 0 Å². The fraction of sp³-hybridized carbons (Fsp3) is 0.385. The molecule has 0 atom stereocenters. The van der Waals surface area contributed by atoms with Crippen LogP contribution in [0, 0.1) is 0 Å². The third kappa shape index (κ3) is 4.52. The molecule has 0 aliphatic rings. The van der Waals surface area contributed by atoms with Gasteiger partial charge in [0.25, 0.3) is 5.91 Å². The summed E-state index contributed by atoms with van der Waals surface area (Å²) in [6.45, 7) is 3.31. The Labute approximate surface area is 131 Å². The van der Waals surface area contributed by atoms with E-state index < -0.39 is 0 Å². The number of hydrogen-bond acceptors (Lipinski definition) is 5. The van der Waals surface area contributed by atoms with Crippen LogP contribution >= 0.6 is 15.9 Å². The zero-order valence-electron chi connectivity index (χ0n) is 11.7. The van der Waals surface area contributed by atoms with Crippen molar-refractivity contribution in [3.63, 3.8) is 0 Å². The van der Waals surface area contributed by atoms with E-state index in [1.807, 2.05) is 0 Å². The molecule has 0 fully saturated rings. The van der Waals surface area contributed by atoms with Gasteiger partial charge in [0.05, 0.1) is 5.56 Å². The largest absolute Gasteiger partial charge is 0.369 e. The van der Waals surface area contributed by atoms with Crippen LogP contribution in [0.2, 0.25) is 0 Å². The molecule has 2 rings (SSSR count). The number of H-pyrrole nitrogens is 1. The summed E-state index contributed by atoms with van der Waals surface area (Å²) >= 11 is 3.34. The lowest BCUT2D eigenvalue weighted by atomic mass is 10.2. The summed E-state index contributed by atoms with van der Waals surface area (Å²) in [5.41, 5.74) is 0.524. The van der Waals surface area contributed by atoms with Crippen LogP contribution in [0.15, 0.2) is 23.1 Å². The van der Waals surface area contributed by atoms with Gasteiger partial charge in [0.15, 0.2) is 0 Å². The molecule has 0 spiro atoms. The Kier molecular flexibility index (Phi) is 5.68. The van der Waals surface area contributed by atoms with Crippen LogP contribution in [0.5, 0.6) is 0 Å². The molecule has 0 bridgehead atoms. The van der Waals surface area contributed by atoms with Crippen molar-refractivity contribution >= 4 is 27.7 Å². The summed E-state index contributed by atoms with van der Waals surface area (Å²) in [5.74, 6) is 1.17. The molecule has 0 unspecified atom stereocenters. The van der Waals surface area contributed by atoms with Crippen molar-refractivity contribution in [2.75, 3.05) is 18.4 Å². The molecule has 0 saturated heterocycles. The van der Waals surface area contributed by atoms with Crippen LogP contribution in [0.3, 0.4) is 0 Å². The summed E-state index contributed by atoms with van der Waals surface area (Å²) in [6, 6.07) is 1.76. The molecule has 0 radical (unpaired) electrons. The van der Waals surface area contributed by atoms with Gasteiger partial charge in [0, 0.05) is 30.2 Å². The van der Waals surface area contributed by atoms with Crippen molar-refractivity contribution in [1.82, 2.24) is 25.5 Å². The van der Waals surface area contributed by atoms with Crippen LogP contribution in [-0.2, 0) is 6.42 Å². The van der Waals surface area contributed by atoms with Gasteiger partial charge in [-0.3, -0.25) is 9.89 Å². The smallest absolute Gasteiger partial charge is 0.255 e. The summed E-state index contributed by atoms with van der Waals surface area (Å²) in [7, 11) is 0. The third-order valence-electron chi connectivity index (χ3n) is 2.75. The van der Waals surface area contributed by atoms with E-state index >= 15 is 0 Å². The van der Waals surface area contributed by atoms with E-state index in [0.717, 1.165) is 23.3 Å². The van der Waals surface area contributed by atoms with E-state index in [-0.39, 0.29) is 5.91 Å². The van der Waals surface area contributed by atoms with E-state index in [1.165, 1.54) is 6.33 Å². The molecule has 2 aromatic heterocycles. The molecule has 0 saturated carbocycles. The number of amides is 1. The number of halogens is 1. The van der Waals surface area contributed by atoms with Crippen molar-refractivity contribution in [3.8, 4) is 0 Å². The van der Waals surface area contributed by atoms with Crippen LogP contribution in [0.1, 0.15) is 29.5 Å². The molecule has 7 nitrogen and oxygen atoms in total. The maximum Gasteiger partial charge on any atom is 0.255 e. The second-order valence-corrected chi connectivity index (χ2v) is 5.33. The molecule has 0 aliphatic carbocycles. The molecule has 2 heterocycles. The van der Waals surface area contributed by atoms with E-state index in [1.54, 1.807) is 12.3 Å². The van der Waals surface area contributed by atoms with Gasteiger partial charge in [-0.05, 0) is 28.4 Å². The first-order valence-corrected chi connectivity index (χ1v) is 7.52. The number of rotatable bonds is 7. The van der Waals surface area contributed by atoms with Crippen LogP contribution in [0.4, 0.5) is 5.82 Å². The number of hydrogen-bond donors (Lipinski definition) is 3. The summed E-state index contributed by atoms with van der Waals surface area (Å²) in [4.78, 5) is 20.5. The Bertz CT molecular complexity index is 586. The first-order chi connectivity index (χ1) is 10.2. The Morgan fingerprint density at radius 1 is 1.38 bits per heavy atom. The van der Waals surface area contributed by atoms with Crippen LogP contribution in [0.25, 0.3) is 0 Å². The highest BCUT2D eigenvalue weighted by Crippen LogP contribution is 2.18. The second-order valence-electron chi connectivity index (χ2n) is 4.41. The van der Waals surface area contributed by atoms with Crippen molar-refractivity contribution in [2.45, 2.75) is 19.8 Å². The standard InChI is InChI=1S/C13H17BrN6O/c1-2-4-15-12-10(6-9(14)7-17-12)13(21)16-5-3-11-18-8-19-20-11/h6-8H,2-5H2,1H3,(H,15,17)(H,16,21)(H,18,19,20). The highest BCUT2D eigenvalue weighted by Gasteiger charge is 2.13. The number of pyridine rings is 1. The highest BCUT2D eigenvalue weighted by atomic mass is 79.9. The second kappa shape index (κ2) is 7.72. The molecule has 112 valence electrons. The van der Waals surface area contributed by atoms with Gasteiger partial charge in [-0.25, -0.2) is 9.97 Å². The number of aromatic amines is 1. The highest BCUT2D eigenvalue weighted by molar-refractivity contribution is 9.10. The first-order valence-electron chi connectivity index (χ1n) is 6.72. The SMILES string of the molecule is CCCNc1ncc(Br)cc1C(=O)NCCc1ncn[nH]1. The molecule has 21 heavy (non-hydrogen) atoms. The van der Waals surface area contributed by atoms with E-state index in [0.29, 0.717) is 24.3 Å². The third-order valence-corrected chi connectivity index (χ3v) is 3.19. The molecule has 1 amide bonds. The Balaban J connectivity index is 1.98. The number of nitrogens with zero attached hydrogens (tertiary/aromatic N) is 3. The number of carbonyl (C=O) groups excluding carboxylic acids is 1. The van der Waals surface area contributed by atoms with Crippen molar-refractivity contribution < 1.29 is 4.79 Å². The Hall–Kier alpha value is -1.96. The average molecular weight is 353 g/mol. The van der Waals surface area contributed by atoms with Crippen molar-refractivity contribution in [3.05, 3.63) is 34.5 Å². The van der Waals surface area contributed by atoms with E-state index in [9.17, 15) is 4.79 Å². The van der Waals surface area contributed by atoms with Gasteiger partial charge < -0.3 is 10.6 Å². The summed E-state index contributed by atoms with van der Waals surface area (Å²) in [6.07, 6.45) is 4.68. The predicted molar refractivity (Wildman–Crippen MR) is 83.1 cm³/mol. The number of carbonyl (C=O) groups is 1. The van der Waals surface area contributed by atoms with Crippen LogP contribution in [-0.4, -0.2) is 39.2 Å². The van der Waals surface area contributed by atoms with Gasteiger partial charge in [-0.2, -0.15) is 5.10 Å². The minimum Gasteiger partial charge on any atom is -0.369 e. The summed E-state index contributed by atoms with van der Waals surface area (Å²) < 4.78 is 0.768. The van der Waals surface area contributed by atoms with Crippen molar-refractivity contribution in [2.24, 2.45) is 0 Å². The van der Waals surface area contributed by atoms with Gasteiger partial charge >= 0.3 is 0 Å². The minimum atomic E-state index is -0.165. The van der Waals surface area contributed by atoms with Crippen LogP contribution < -0.4 is 10.6 Å². The molecular formula is C13H17BrN6O. The normalized spacial score (nSPS) is 10.4. The maximum absolute atomic E-state index is 12.3. The lowest BCUT2D eigenvalue weighted by Crippen LogP contribution is -2.27. The van der Waals surface area contributed by atoms with Crippen molar-refractivity contribution in [1.29, 1.82) is 0 Å². The molecule has 2 aromatic rings. The zero-order valence-corrected chi connectivity index (χ0v) is 13.3. The monoisotopic (exact) mass is 352 g/mol. The van der Waals surface area contributed by atoms with E-state index in [4.69, 9.17) is 0 Å². The fourth-order valence-corrected chi connectivity index (χ4v) is 2.07.